The SMILES string of the molecule is CNC(=O)c1ccc2cc(-c3ccc([C@@]4(C(C(=O)OC(C)[SiH3])C(C)C)CCCCS4(=O)=O)s3)ccc2c1. The van der Waals surface area contributed by atoms with Crippen molar-refractivity contribution in [2.75, 3.05) is 12.8 Å². The Labute approximate surface area is 226 Å². The first-order valence-corrected chi connectivity index (χ1v) is 16.4. The van der Waals surface area contributed by atoms with Gasteiger partial charge in [-0.2, -0.15) is 0 Å². The van der Waals surface area contributed by atoms with Gasteiger partial charge >= 0.3 is 5.97 Å². The van der Waals surface area contributed by atoms with Crippen molar-refractivity contribution in [3.8, 4) is 10.4 Å². The zero-order valence-corrected chi connectivity index (χ0v) is 25.7. The lowest BCUT2D eigenvalue weighted by Gasteiger charge is -2.42. The molecule has 1 aliphatic heterocycles. The van der Waals surface area contributed by atoms with E-state index in [1.54, 1.807) is 13.1 Å². The number of nitrogens with one attached hydrogen (secondary N) is 1. The van der Waals surface area contributed by atoms with Crippen molar-refractivity contribution in [2.45, 2.75) is 50.5 Å². The van der Waals surface area contributed by atoms with Crippen molar-refractivity contribution in [2.24, 2.45) is 11.8 Å². The van der Waals surface area contributed by atoms with Crippen LogP contribution in [0.2, 0.25) is 0 Å². The zero-order chi connectivity index (χ0) is 27.0. The maximum absolute atomic E-state index is 13.8. The first-order chi connectivity index (χ1) is 17.5. The number of esters is 1. The molecular weight excluding hydrogens is 523 g/mol. The van der Waals surface area contributed by atoms with Gasteiger partial charge in [0.2, 0.25) is 0 Å². The van der Waals surface area contributed by atoms with E-state index in [0.717, 1.165) is 27.6 Å². The summed E-state index contributed by atoms with van der Waals surface area (Å²) in [6, 6.07) is 15.5. The molecule has 3 aromatic rings. The van der Waals surface area contributed by atoms with Gasteiger partial charge in [0.15, 0.2) is 9.84 Å². The molecule has 2 aromatic carbocycles. The molecule has 4 rings (SSSR count). The molecule has 0 aliphatic carbocycles. The number of ether oxygens (including phenoxy) is 1. The molecule has 2 unspecified atom stereocenters. The number of sulfone groups is 1. The molecule has 1 N–H and O–H groups in total. The third-order valence-electron chi connectivity index (χ3n) is 7.18. The van der Waals surface area contributed by atoms with E-state index in [4.69, 9.17) is 4.74 Å². The van der Waals surface area contributed by atoms with Crippen LogP contribution >= 0.6 is 11.3 Å². The number of carbonyl (C=O) groups is 2. The van der Waals surface area contributed by atoms with Gasteiger partial charge in [0.1, 0.15) is 4.75 Å². The highest BCUT2D eigenvalue weighted by molar-refractivity contribution is 7.92. The van der Waals surface area contributed by atoms with Crippen LogP contribution in [0.3, 0.4) is 0 Å². The summed E-state index contributed by atoms with van der Waals surface area (Å²) in [6.07, 6.45) is 1.79. The van der Waals surface area contributed by atoms with E-state index in [1.807, 2.05) is 57.2 Å². The molecule has 3 atom stereocenters. The van der Waals surface area contributed by atoms with Crippen LogP contribution in [0.15, 0.2) is 48.5 Å². The molecule has 6 nitrogen and oxygen atoms in total. The minimum atomic E-state index is -3.60. The summed E-state index contributed by atoms with van der Waals surface area (Å²) < 4.78 is 32.1. The molecule has 37 heavy (non-hydrogen) atoms. The molecule has 2 heterocycles. The quantitative estimate of drug-likeness (QED) is 0.347. The number of fused-ring (bicyclic) bond motifs is 1. The van der Waals surface area contributed by atoms with E-state index in [9.17, 15) is 18.0 Å². The third-order valence-corrected chi connectivity index (χ3v) is 11.5. The summed E-state index contributed by atoms with van der Waals surface area (Å²) >= 11 is 1.45. The van der Waals surface area contributed by atoms with Crippen molar-refractivity contribution in [1.29, 1.82) is 0 Å². The number of amides is 1. The number of hydrogen-bond donors (Lipinski definition) is 1. The van der Waals surface area contributed by atoms with Crippen LogP contribution in [-0.4, -0.2) is 49.1 Å². The summed E-state index contributed by atoms with van der Waals surface area (Å²) in [5, 5.41) is 4.59. The Morgan fingerprint density at radius 1 is 1.03 bits per heavy atom. The van der Waals surface area contributed by atoms with Gasteiger partial charge in [0.25, 0.3) is 5.91 Å². The third kappa shape index (κ3) is 5.13. The van der Waals surface area contributed by atoms with Crippen LogP contribution in [0, 0.1) is 11.8 Å². The summed E-state index contributed by atoms with van der Waals surface area (Å²) in [4.78, 5) is 27.1. The van der Waals surface area contributed by atoms with Gasteiger partial charge in [-0.1, -0.05) is 38.5 Å². The summed E-state index contributed by atoms with van der Waals surface area (Å²) in [5.74, 6) is -1.42. The normalized spacial score (nSPS) is 21.0. The maximum Gasteiger partial charge on any atom is 0.311 e. The molecule has 1 aromatic heterocycles. The Hall–Kier alpha value is -2.49. The van der Waals surface area contributed by atoms with Gasteiger partial charge in [-0.3, -0.25) is 9.59 Å². The molecule has 9 heteroatoms. The van der Waals surface area contributed by atoms with E-state index in [-0.39, 0.29) is 23.3 Å². The first kappa shape index (κ1) is 27.5. The number of rotatable bonds is 7. The molecule has 0 spiro atoms. The zero-order valence-electron chi connectivity index (χ0n) is 22.0. The minimum Gasteiger partial charge on any atom is -0.467 e. The van der Waals surface area contributed by atoms with Crippen LogP contribution in [0.1, 0.15) is 55.3 Å². The fourth-order valence-corrected chi connectivity index (χ4v) is 9.94. The smallest absolute Gasteiger partial charge is 0.311 e. The predicted molar refractivity (Wildman–Crippen MR) is 154 cm³/mol. The van der Waals surface area contributed by atoms with Gasteiger partial charge in [-0.05, 0) is 72.4 Å². The van der Waals surface area contributed by atoms with Gasteiger partial charge in [0.05, 0.1) is 27.6 Å². The number of carbonyl (C=O) groups excluding carboxylic acids is 2. The van der Waals surface area contributed by atoms with Crippen LogP contribution in [-0.2, 0) is 24.1 Å². The molecule has 0 saturated carbocycles. The van der Waals surface area contributed by atoms with E-state index in [1.165, 1.54) is 11.3 Å². The number of benzene rings is 2. The standard InChI is InChI=1S/C28H35NO5S2Si/c1-17(2)25(27(31)34-18(3)37)28(13-5-6-14-36(28,32)33)24-12-11-23(35-24)21-9-7-20-16-22(26(30)29-4)10-8-19(20)15-21/h7-12,15-18,25H,5-6,13-14H2,1-4,37H3,(H,29,30)/t18?,25?,28-/m1/s1. The Morgan fingerprint density at radius 2 is 1.73 bits per heavy atom. The van der Waals surface area contributed by atoms with Crippen LogP contribution in [0.25, 0.3) is 21.2 Å². The van der Waals surface area contributed by atoms with Crippen LogP contribution in [0.4, 0.5) is 0 Å². The molecule has 1 saturated heterocycles. The van der Waals surface area contributed by atoms with Crippen molar-refractivity contribution in [1.82, 2.24) is 5.32 Å². The van der Waals surface area contributed by atoms with Crippen molar-refractivity contribution >= 4 is 54.1 Å². The van der Waals surface area contributed by atoms with Gasteiger partial charge < -0.3 is 10.1 Å². The fraction of sp³-hybridized carbons (Fsp3) is 0.429. The Bertz CT molecular complexity index is 1430. The average Bonchev–Trinajstić information content (AvgIpc) is 3.34. The highest BCUT2D eigenvalue weighted by atomic mass is 32.2. The van der Waals surface area contributed by atoms with Gasteiger partial charge in [-0.25, -0.2) is 8.42 Å². The lowest BCUT2D eigenvalue weighted by molar-refractivity contribution is -0.153. The summed E-state index contributed by atoms with van der Waals surface area (Å²) in [5.41, 5.74) is 1.38. The van der Waals surface area contributed by atoms with Crippen molar-refractivity contribution in [3.05, 3.63) is 59.0 Å². The van der Waals surface area contributed by atoms with E-state index in [2.05, 4.69) is 11.4 Å². The second kappa shape index (κ2) is 10.7. The molecule has 0 bridgehead atoms. The summed E-state index contributed by atoms with van der Waals surface area (Å²) in [6.45, 7) is 5.69. The summed E-state index contributed by atoms with van der Waals surface area (Å²) in [7, 11) is -1.30. The number of hydrogen-bond acceptors (Lipinski definition) is 6. The predicted octanol–water partition coefficient (Wildman–Crippen LogP) is 4.25. The lowest BCUT2D eigenvalue weighted by Crippen LogP contribution is -2.51. The van der Waals surface area contributed by atoms with Gasteiger partial charge in [0, 0.05) is 22.4 Å². The lowest BCUT2D eigenvalue weighted by atomic mass is 9.78. The minimum absolute atomic E-state index is 0.0802. The van der Waals surface area contributed by atoms with Crippen LogP contribution in [0.5, 0.6) is 0 Å². The second-order valence-corrected chi connectivity index (χ2v) is 15.5. The van der Waals surface area contributed by atoms with Gasteiger partial charge in [-0.15, -0.1) is 11.3 Å². The van der Waals surface area contributed by atoms with Crippen molar-refractivity contribution in [3.63, 3.8) is 0 Å². The van der Waals surface area contributed by atoms with E-state index < -0.39 is 26.5 Å². The monoisotopic (exact) mass is 557 g/mol. The fourth-order valence-electron chi connectivity index (χ4n) is 5.51. The van der Waals surface area contributed by atoms with E-state index in [0.29, 0.717) is 33.5 Å². The Kier molecular flexibility index (Phi) is 7.97. The highest BCUT2D eigenvalue weighted by Gasteiger charge is 2.57. The molecule has 0 radical (unpaired) electrons. The highest BCUT2D eigenvalue weighted by Crippen LogP contribution is 2.52. The first-order valence-electron chi connectivity index (χ1n) is 12.8. The van der Waals surface area contributed by atoms with E-state index >= 15 is 0 Å². The molecule has 1 fully saturated rings. The maximum atomic E-state index is 13.8. The second-order valence-electron chi connectivity index (χ2n) is 10.4. The molecular formula is C28H35NO5S2Si. The van der Waals surface area contributed by atoms with Crippen molar-refractivity contribution < 1.29 is 22.7 Å². The Balaban J connectivity index is 1.80. The number of thiophene rings is 1. The molecule has 198 valence electrons. The molecule has 1 amide bonds. The van der Waals surface area contributed by atoms with Crippen LogP contribution < -0.4 is 5.32 Å². The molecule has 1 aliphatic rings. The Morgan fingerprint density at radius 3 is 2.38 bits per heavy atom. The average molecular weight is 558 g/mol. The largest absolute Gasteiger partial charge is 0.467 e. The topological polar surface area (TPSA) is 89.5 Å².